The van der Waals surface area contributed by atoms with Crippen molar-refractivity contribution in [2.75, 3.05) is 11.9 Å². The molecule has 1 amide bonds. The predicted octanol–water partition coefficient (Wildman–Crippen LogP) is 2.69. The number of carbonyl (C=O) groups is 1. The highest BCUT2D eigenvalue weighted by atomic mass is 32.1. The van der Waals surface area contributed by atoms with Crippen LogP contribution in [-0.2, 0) is 4.79 Å². The van der Waals surface area contributed by atoms with Crippen LogP contribution in [0, 0.1) is 0 Å². The van der Waals surface area contributed by atoms with Gasteiger partial charge in [-0.2, -0.15) is 0 Å². The second-order valence-corrected chi connectivity index (χ2v) is 6.22. The van der Waals surface area contributed by atoms with Gasteiger partial charge in [0.05, 0.1) is 12.3 Å². The summed E-state index contributed by atoms with van der Waals surface area (Å²) in [5, 5.41) is 15.8. The molecule has 21 heavy (non-hydrogen) atoms. The summed E-state index contributed by atoms with van der Waals surface area (Å²) in [5.74, 6) is 1.39. The molecule has 0 radical (unpaired) electrons. The Morgan fingerprint density at radius 1 is 1.52 bits per heavy atom. The molecule has 1 aliphatic rings. The lowest BCUT2D eigenvalue weighted by atomic mass is 10.2. The zero-order valence-electron chi connectivity index (χ0n) is 11.8. The minimum absolute atomic E-state index is 0.0485. The summed E-state index contributed by atoms with van der Waals surface area (Å²) < 4.78 is 5.30. The average Bonchev–Trinajstić information content (AvgIpc) is 2.99. The van der Waals surface area contributed by atoms with Gasteiger partial charge in [-0.1, -0.05) is 11.3 Å². The second kappa shape index (κ2) is 6.36. The van der Waals surface area contributed by atoms with E-state index in [1.807, 2.05) is 19.1 Å². The summed E-state index contributed by atoms with van der Waals surface area (Å²) in [7, 11) is 0. The third kappa shape index (κ3) is 3.89. The van der Waals surface area contributed by atoms with Gasteiger partial charge < -0.3 is 15.1 Å². The summed E-state index contributed by atoms with van der Waals surface area (Å²) in [4.78, 5) is 11.8. The maximum Gasteiger partial charge on any atom is 0.227 e. The van der Waals surface area contributed by atoms with Gasteiger partial charge in [0.15, 0.2) is 0 Å². The highest BCUT2D eigenvalue weighted by Gasteiger charge is 2.27. The first-order valence-electron chi connectivity index (χ1n) is 7.12. The third-order valence-electron chi connectivity index (χ3n) is 3.39. The normalized spacial score (nSPS) is 15.9. The zero-order chi connectivity index (χ0) is 14.7. The second-order valence-electron chi connectivity index (χ2n) is 5.21. The molecule has 2 aromatic heterocycles. The van der Waals surface area contributed by atoms with Crippen LogP contribution in [0.2, 0.25) is 0 Å². The number of furan rings is 1. The first-order valence-corrected chi connectivity index (χ1v) is 7.94. The number of anilines is 1. The summed E-state index contributed by atoms with van der Waals surface area (Å²) in [6.45, 7) is 2.59. The Labute approximate surface area is 127 Å². The van der Waals surface area contributed by atoms with Gasteiger partial charge in [0, 0.05) is 18.9 Å². The molecule has 1 saturated carbocycles. The van der Waals surface area contributed by atoms with Crippen molar-refractivity contribution in [1.82, 2.24) is 15.5 Å². The van der Waals surface area contributed by atoms with Gasteiger partial charge in [0.25, 0.3) is 0 Å². The number of carbonyl (C=O) groups excluding carboxylic acids is 1. The molecule has 2 aromatic rings. The molecule has 2 heterocycles. The Bertz CT molecular complexity index is 592. The van der Waals surface area contributed by atoms with E-state index in [1.165, 1.54) is 24.2 Å². The van der Waals surface area contributed by atoms with Crippen LogP contribution < -0.4 is 10.6 Å². The maximum atomic E-state index is 11.8. The van der Waals surface area contributed by atoms with Crippen molar-refractivity contribution in [3.05, 3.63) is 29.2 Å². The van der Waals surface area contributed by atoms with Crippen LogP contribution in [0.3, 0.4) is 0 Å². The van der Waals surface area contributed by atoms with Gasteiger partial charge in [-0.15, -0.1) is 10.2 Å². The van der Waals surface area contributed by atoms with E-state index in [-0.39, 0.29) is 11.9 Å². The monoisotopic (exact) mass is 306 g/mol. The first-order chi connectivity index (χ1) is 10.2. The van der Waals surface area contributed by atoms with E-state index >= 15 is 0 Å². The summed E-state index contributed by atoms with van der Waals surface area (Å²) in [6, 6.07) is 3.86. The van der Waals surface area contributed by atoms with Crippen molar-refractivity contribution < 1.29 is 9.21 Å². The smallest absolute Gasteiger partial charge is 0.227 e. The Morgan fingerprint density at radius 3 is 3.10 bits per heavy atom. The van der Waals surface area contributed by atoms with E-state index < -0.39 is 0 Å². The predicted molar refractivity (Wildman–Crippen MR) is 80.3 cm³/mol. The van der Waals surface area contributed by atoms with Crippen LogP contribution in [0.15, 0.2) is 22.8 Å². The molecule has 6 nitrogen and oxygen atoms in total. The molecule has 0 saturated heterocycles. The quantitative estimate of drug-likeness (QED) is 0.822. The maximum absolute atomic E-state index is 11.8. The number of amides is 1. The van der Waals surface area contributed by atoms with E-state index in [9.17, 15) is 4.79 Å². The highest BCUT2D eigenvalue weighted by molar-refractivity contribution is 7.15. The summed E-state index contributed by atoms with van der Waals surface area (Å²) in [5.41, 5.74) is 0. The molecule has 7 heteroatoms. The molecule has 0 aromatic carbocycles. The van der Waals surface area contributed by atoms with Crippen molar-refractivity contribution in [1.29, 1.82) is 0 Å². The molecular formula is C14H18N4O2S. The number of nitrogens with one attached hydrogen (secondary N) is 2. The number of aromatic nitrogens is 2. The average molecular weight is 306 g/mol. The van der Waals surface area contributed by atoms with Crippen LogP contribution in [0.5, 0.6) is 0 Å². The summed E-state index contributed by atoms with van der Waals surface area (Å²) >= 11 is 1.48. The lowest BCUT2D eigenvalue weighted by molar-refractivity contribution is -0.116. The number of hydrogen-bond donors (Lipinski definition) is 2. The van der Waals surface area contributed by atoms with E-state index in [1.54, 1.807) is 6.26 Å². The Hall–Kier alpha value is -1.73. The molecule has 2 N–H and O–H groups in total. The fourth-order valence-corrected chi connectivity index (χ4v) is 2.93. The lowest BCUT2D eigenvalue weighted by Gasteiger charge is -2.10. The molecule has 112 valence electrons. The van der Waals surface area contributed by atoms with Crippen molar-refractivity contribution in [2.45, 2.75) is 38.1 Å². The van der Waals surface area contributed by atoms with Crippen LogP contribution in [0.4, 0.5) is 5.13 Å². The number of nitrogens with zero attached hydrogens (tertiary/aromatic N) is 2. The SMILES string of the molecule is C[C@@H](NCCC(=O)Nc1nnc(C2CC2)s1)c1ccco1. The van der Waals surface area contributed by atoms with Crippen LogP contribution in [0.1, 0.15) is 48.9 Å². The number of rotatable bonds is 7. The Morgan fingerprint density at radius 2 is 2.38 bits per heavy atom. The van der Waals surface area contributed by atoms with Gasteiger partial charge in [0.1, 0.15) is 10.8 Å². The minimum Gasteiger partial charge on any atom is -0.468 e. The molecule has 0 unspecified atom stereocenters. The fourth-order valence-electron chi connectivity index (χ4n) is 2.00. The van der Waals surface area contributed by atoms with Crippen LogP contribution in [0.25, 0.3) is 0 Å². The molecule has 0 spiro atoms. The largest absolute Gasteiger partial charge is 0.468 e. The zero-order valence-corrected chi connectivity index (χ0v) is 12.7. The van der Waals surface area contributed by atoms with E-state index in [2.05, 4.69) is 20.8 Å². The van der Waals surface area contributed by atoms with Crippen molar-refractivity contribution in [3.63, 3.8) is 0 Å². The third-order valence-corrected chi connectivity index (χ3v) is 4.39. The standard InChI is InChI=1S/C14H18N4O2S/c1-9(11-3-2-8-20-11)15-7-6-12(19)16-14-18-17-13(21-14)10-4-5-10/h2-3,8-10,15H,4-7H2,1H3,(H,16,18,19)/t9-/m1/s1. The van der Waals surface area contributed by atoms with Crippen molar-refractivity contribution in [2.24, 2.45) is 0 Å². The van der Waals surface area contributed by atoms with Crippen molar-refractivity contribution in [3.8, 4) is 0 Å². The highest BCUT2D eigenvalue weighted by Crippen LogP contribution is 2.42. The lowest BCUT2D eigenvalue weighted by Crippen LogP contribution is -2.24. The molecule has 1 aliphatic carbocycles. The van der Waals surface area contributed by atoms with Crippen LogP contribution in [-0.4, -0.2) is 22.6 Å². The van der Waals surface area contributed by atoms with Gasteiger partial charge in [-0.05, 0) is 31.9 Å². The van der Waals surface area contributed by atoms with Crippen LogP contribution >= 0.6 is 11.3 Å². The van der Waals surface area contributed by atoms with Gasteiger partial charge in [-0.25, -0.2) is 0 Å². The molecular weight excluding hydrogens is 288 g/mol. The topological polar surface area (TPSA) is 80.0 Å². The summed E-state index contributed by atoms with van der Waals surface area (Å²) in [6.07, 6.45) is 4.42. The van der Waals surface area contributed by atoms with Gasteiger partial charge >= 0.3 is 0 Å². The first kappa shape index (κ1) is 14.2. The Kier molecular flexibility index (Phi) is 4.31. The van der Waals surface area contributed by atoms with Gasteiger partial charge in [-0.3, -0.25) is 4.79 Å². The van der Waals surface area contributed by atoms with E-state index in [4.69, 9.17) is 4.42 Å². The molecule has 1 fully saturated rings. The molecule has 0 bridgehead atoms. The molecule has 3 rings (SSSR count). The molecule has 1 atom stereocenters. The Balaban J connectivity index is 1.39. The van der Waals surface area contributed by atoms with Gasteiger partial charge in [0.2, 0.25) is 11.0 Å². The van der Waals surface area contributed by atoms with E-state index in [0.29, 0.717) is 24.0 Å². The minimum atomic E-state index is -0.0485. The van der Waals surface area contributed by atoms with Crippen molar-refractivity contribution >= 4 is 22.4 Å². The number of hydrogen-bond acceptors (Lipinski definition) is 6. The van der Waals surface area contributed by atoms with E-state index in [0.717, 1.165) is 10.8 Å². The fraction of sp³-hybridized carbons (Fsp3) is 0.500. The molecule has 0 aliphatic heterocycles.